The van der Waals surface area contributed by atoms with Gasteiger partial charge in [-0.25, -0.2) is 18.5 Å². The summed E-state index contributed by atoms with van der Waals surface area (Å²) < 4.78 is 51.0. The molecule has 1 saturated heterocycles. The standard InChI is InChI=1S/C15H26N5O14P3/c16-4-3-12(22)18-5-1-2-9-7-20(15(23)19-14(9)17)13-6-10(21)11(32-13)8-31-36(27,28)34-37(29,30)33-35(24,25)26/h7,10-11,13-14,21H,3-6,8,16-17H2,(H,18,22)(H,19,23)(H,27,28)(H,29,30)(H2,24,25,26). The number of nitrogens with two attached hydrogens (primary N) is 2. The predicted octanol–water partition coefficient (Wildman–Crippen LogP) is -2.53. The third-order valence-electron chi connectivity index (χ3n) is 4.44. The predicted molar refractivity (Wildman–Crippen MR) is 120 cm³/mol. The van der Waals surface area contributed by atoms with E-state index in [1.807, 2.05) is 0 Å². The molecule has 0 saturated carbocycles. The number of amides is 3. The summed E-state index contributed by atoms with van der Waals surface area (Å²) in [6, 6.07) is -0.722. The third kappa shape index (κ3) is 10.5. The number of phosphoric acid groups is 3. The molecule has 6 unspecified atom stereocenters. The zero-order chi connectivity index (χ0) is 28.0. The number of carbonyl (C=O) groups is 2. The van der Waals surface area contributed by atoms with Crippen LogP contribution in [0.15, 0.2) is 11.8 Å². The van der Waals surface area contributed by atoms with Crippen LogP contribution in [0.25, 0.3) is 0 Å². The van der Waals surface area contributed by atoms with Crippen LogP contribution in [0.5, 0.6) is 0 Å². The van der Waals surface area contributed by atoms with E-state index in [1.165, 1.54) is 6.20 Å². The van der Waals surface area contributed by atoms with Gasteiger partial charge in [0.25, 0.3) is 0 Å². The summed E-state index contributed by atoms with van der Waals surface area (Å²) in [6.07, 6.45) is -3.65. The molecule has 0 radical (unpaired) electrons. The lowest BCUT2D eigenvalue weighted by Crippen LogP contribution is -2.54. The highest BCUT2D eigenvalue weighted by atomic mass is 31.3. The Labute approximate surface area is 209 Å². The van der Waals surface area contributed by atoms with E-state index in [9.17, 15) is 33.3 Å². The SMILES string of the molecule is NCCC(=O)NCC#CC1=CN(C2CC(O)C(COP(=O)(O)OP(=O)(O)OP(=O)(O)O)O2)C(=O)NC1N. The molecule has 2 aliphatic heterocycles. The van der Waals surface area contributed by atoms with Crippen LogP contribution in [0.4, 0.5) is 4.79 Å². The molecular weight excluding hydrogens is 567 g/mol. The minimum absolute atomic E-state index is 0.0157. The second-order valence-corrected chi connectivity index (χ2v) is 11.8. The number of phosphoric ester groups is 1. The van der Waals surface area contributed by atoms with Crippen molar-refractivity contribution >= 4 is 35.4 Å². The van der Waals surface area contributed by atoms with E-state index in [4.69, 9.17) is 30.9 Å². The summed E-state index contributed by atoms with van der Waals surface area (Å²) in [5.41, 5.74) is 11.3. The zero-order valence-corrected chi connectivity index (χ0v) is 21.5. The zero-order valence-electron chi connectivity index (χ0n) is 18.8. The van der Waals surface area contributed by atoms with Gasteiger partial charge in [0.15, 0.2) is 0 Å². The van der Waals surface area contributed by atoms with Gasteiger partial charge in [0.1, 0.15) is 18.5 Å². The summed E-state index contributed by atoms with van der Waals surface area (Å²) in [5, 5.41) is 15.1. The van der Waals surface area contributed by atoms with Crippen molar-refractivity contribution in [2.45, 2.75) is 37.4 Å². The Morgan fingerprint density at radius 1 is 1.24 bits per heavy atom. The van der Waals surface area contributed by atoms with E-state index in [2.05, 4.69) is 35.6 Å². The molecule has 2 heterocycles. The molecule has 0 aromatic rings. The van der Waals surface area contributed by atoms with E-state index in [0.717, 1.165) is 4.90 Å². The van der Waals surface area contributed by atoms with Crippen LogP contribution < -0.4 is 22.1 Å². The fraction of sp³-hybridized carbons (Fsp3) is 0.600. The molecule has 37 heavy (non-hydrogen) atoms. The lowest BCUT2D eigenvalue weighted by Gasteiger charge is -2.32. The molecular formula is C15H26N5O14P3. The number of rotatable bonds is 11. The molecule has 0 aromatic carbocycles. The molecule has 19 nitrogen and oxygen atoms in total. The maximum Gasteiger partial charge on any atom is 0.490 e. The molecule has 0 aromatic heterocycles. The maximum absolute atomic E-state index is 12.4. The average Bonchev–Trinajstić information content (AvgIpc) is 3.09. The summed E-state index contributed by atoms with van der Waals surface area (Å²) in [7, 11) is -16.7. The van der Waals surface area contributed by atoms with E-state index in [0.29, 0.717) is 0 Å². The van der Waals surface area contributed by atoms with Crippen molar-refractivity contribution in [2.24, 2.45) is 11.5 Å². The first-order chi connectivity index (χ1) is 17.0. The molecule has 0 spiro atoms. The minimum atomic E-state index is -5.72. The largest absolute Gasteiger partial charge is 0.490 e. The fourth-order valence-electron chi connectivity index (χ4n) is 2.91. The van der Waals surface area contributed by atoms with Gasteiger partial charge in [-0.05, 0) is 0 Å². The Morgan fingerprint density at radius 2 is 1.92 bits per heavy atom. The Kier molecular flexibility index (Phi) is 11.0. The summed E-state index contributed by atoms with van der Waals surface area (Å²) in [4.78, 5) is 60.6. The van der Waals surface area contributed by atoms with Gasteiger partial charge >= 0.3 is 29.5 Å². The van der Waals surface area contributed by atoms with Gasteiger partial charge < -0.3 is 51.5 Å². The topological polar surface area (TPSA) is 303 Å². The Hall–Kier alpha value is -1.71. The van der Waals surface area contributed by atoms with Crippen molar-refractivity contribution in [1.29, 1.82) is 0 Å². The average molecular weight is 593 g/mol. The molecule has 2 rings (SSSR count). The Bertz CT molecular complexity index is 1100. The Morgan fingerprint density at radius 3 is 2.54 bits per heavy atom. The van der Waals surface area contributed by atoms with Crippen LogP contribution in [-0.4, -0.2) is 85.8 Å². The highest BCUT2D eigenvalue weighted by molar-refractivity contribution is 7.66. The molecule has 2 aliphatic rings. The van der Waals surface area contributed by atoms with Crippen LogP contribution >= 0.6 is 23.5 Å². The van der Waals surface area contributed by atoms with Gasteiger partial charge in [-0.2, -0.15) is 8.62 Å². The van der Waals surface area contributed by atoms with Gasteiger partial charge in [0.2, 0.25) is 5.91 Å². The van der Waals surface area contributed by atoms with Crippen molar-refractivity contribution in [3.8, 4) is 11.8 Å². The van der Waals surface area contributed by atoms with Crippen molar-refractivity contribution < 1.29 is 65.8 Å². The molecule has 3 amide bonds. The number of carbonyl (C=O) groups excluding carboxylic acids is 2. The Balaban J connectivity index is 2.00. The lowest BCUT2D eigenvalue weighted by atomic mass is 10.1. The smallest absolute Gasteiger partial charge is 0.390 e. The number of hydrogen-bond acceptors (Lipinski definition) is 12. The second-order valence-electron chi connectivity index (χ2n) is 7.36. The molecule has 0 bridgehead atoms. The van der Waals surface area contributed by atoms with Crippen molar-refractivity contribution in [1.82, 2.24) is 15.5 Å². The molecule has 11 N–H and O–H groups in total. The first-order valence-electron chi connectivity index (χ1n) is 10.2. The normalized spacial score (nSPS) is 27.3. The summed E-state index contributed by atoms with van der Waals surface area (Å²) in [6.45, 7) is -0.751. The van der Waals surface area contributed by atoms with Gasteiger partial charge in [0, 0.05) is 25.6 Å². The molecule has 210 valence electrons. The summed E-state index contributed by atoms with van der Waals surface area (Å²) >= 11 is 0. The van der Waals surface area contributed by atoms with Crippen LogP contribution in [-0.2, 0) is 36.4 Å². The van der Waals surface area contributed by atoms with E-state index >= 15 is 0 Å². The fourth-order valence-corrected chi connectivity index (χ4v) is 5.94. The lowest BCUT2D eigenvalue weighted by molar-refractivity contribution is -0.120. The number of ether oxygens (including phenoxy) is 1. The van der Waals surface area contributed by atoms with Crippen molar-refractivity contribution in [3.05, 3.63) is 11.8 Å². The maximum atomic E-state index is 12.4. The molecule has 0 aliphatic carbocycles. The van der Waals surface area contributed by atoms with Gasteiger partial charge in [0.05, 0.1) is 24.8 Å². The van der Waals surface area contributed by atoms with E-state index in [1.54, 1.807) is 0 Å². The molecule has 1 fully saturated rings. The quantitative estimate of drug-likeness (QED) is 0.0881. The highest BCUT2D eigenvalue weighted by Crippen LogP contribution is 2.66. The van der Waals surface area contributed by atoms with Crippen LogP contribution in [0, 0.1) is 11.8 Å². The van der Waals surface area contributed by atoms with Crippen LogP contribution in [0.2, 0.25) is 0 Å². The van der Waals surface area contributed by atoms with E-state index in [-0.39, 0.29) is 37.4 Å². The highest BCUT2D eigenvalue weighted by Gasteiger charge is 2.44. The number of nitrogens with zero attached hydrogens (tertiary/aromatic N) is 1. The number of aliphatic hydroxyl groups excluding tert-OH is 1. The van der Waals surface area contributed by atoms with Gasteiger partial charge in [-0.15, -0.1) is 0 Å². The van der Waals surface area contributed by atoms with Crippen molar-refractivity contribution in [3.63, 3.8) is 0 Å². The van der Waals surface area contributed by atoms with Gasteiger partial charge in [-0.3, -0.25) is 14.2 Å². The van der Waals surface area contributed by atoms with E-state index < -0.39 is 60.7 Å². The minimum Gasteiger partial charge on any atom is -0.390 e. The summed E-state index contributed by atoms with van der Waals surface area (Å²) in [5.74, 6) is 5.04. The number of nitrogens with one attached hydrogen (secondary N) is 2. The number of aliphatic hydroxyl groups is 1. The van der Waals surface area contributed by atoms with Crippen LogP contribution in [0.1, 0.15) is 12.8 Å². The monoisotopic (exact) mass is 593 g/mol. The molecule has 22 heteroatoms. The van der Waals surface area contributed by atoms with Crippen molar-refractivity contribution in [2.75, 3.05) is 19.7 Å². The third-order valence-corrected chi connectivity index (χ3v) is 8.24. The number of urea groups is 1. The first kappa shape index (κ1) is 31.5. The first-order valence-corrected chi connectivity index (χ1v) is 14.7. The van der Waals surface area contributed by atoms with Gasteiger partial charge in [-0.1, -0.05) is 11.8 Å². The molecule has 6 atom stereocenters. The second kappa shape index (κ2) is 12.9. The number of hydrogen-bond donors (Lipinski definition) is 9. The van der Waals surface area contributed by atoms with Crippen LogP contribution in [0.3, 0.4) is 0 Å².